The van der Waals surface area contributed by atoms with Crippen molar-refractivity contribution in [2.24, 2.45) is 10.3 Å². The van der Waals surface area contributed by atoms with Gasteiger partial charge < -0.3 is 20.6 Å². The standard InChI is InChI=1S/C14H12N2O4/c17-13-9(7-15-19)3-1-5-11(13)12-6-2-4-10(8-16-20)14(12)18/h1-8,17-20H/b15-7+,16-8+. The van der Waals surface area contributed by atoms with Crippen LogP contribution in [0.4, 0.5) is 0 Å². The van der Waals surface area contributed by atoms with Crippen molar-refractivity contribution in [1.82, 2.24) is 0 Å². The van der Waals surface area contributed by atoms with Crippen molar-refractivity contribution in [2.75, 3.05) is 0 Å². The molecule has 0 atom stereocenters. The number of aromatic hydroxyl groups is 2. The summed E-state index contributed by atoms with van der Waals surface area (Å²) in [5.74, 6) is -0.252. The van der Waals surface area contributed by atoms with Crippen LogP contribution < -0.4 is 0 Å². The van der Waals surface area contributed by atoms with Crippen molar-refractivity contribution in [3.8, 4) is 22.6 Å². The minimum absolute atomic E-state index is 0.126. The highest BCUT2D eigenvalue weighted by molar-refractivity contribution is 5.92. The number of phenols is 2. The fourth-order valence-corrected chi connectivity index (χ4v) is 1.89. The predicted molar refractivity (Wildman–Crippen MR) is 74.0 cm³/mol. The number of hydrogen-bond donors (Lipinski definition) is 4. The molecule has 0 aliphatic heterocycles. The number of phenolic OH excluding ortho intramolecular Hbond substituents is 2. The third-order valence-electron chi connectivity index (χ3n) is 2.82. The van der Waals surface area contributed by atoms with Crippen LogP contribution in [0.3, 0.4) is 0 Å². The lowest BCUT2D eigenvalue weighted by Crippen LogP contribution is -1.90. The molecule has 0 aliphatic carbocycles. The Labute approximate surface area is 114 Å². The lowest BCUT2D eigenvalue weighted by atomic mass is 9.99. The molecule has 0 heterocycles. The van der Waals surface area contributed by atoms with Gasteiger partial charge in [0.1, 0.15) is 11.5 Å². The smallest absolute Gasteiger partial charge is 0.132 e. The van der Waals surface area contributed by atoms with Gasteiger partial charge in [-0.15, -0.1) is 0 Å². The van der Waals surface area contributed by atoms with E-state index in [0.717, 1.165) is 12.4 Å². The lowest BCUT2D eigenvalue weighted by Gasteiger charge is -2.10. The van der Waals surface area contributed by atoms with E-state index >= 15 is 0 Å². The Kier molecular flexibility index (Phi) is 3.85. The zero-order chi connectivity index (χ0) is 14.5. The summed E-state index contributed by atoms with van der Waals surface area (Å²) < 4.78 is 0. The predicted octanol–water partition coefficient (Wildman–Crippen LogP) is 2.38. The summed E-state index contributed by atoms with van der Waals surface area (Å²) in [6.45, 7) is 0. The molecular formula is C14H12N2O4. The first-order valence-corrected chi connectivity index (χ1v) is 5.68. The van der Waals surface area contributed by atoms with Crippen molar-refractivity contribution in [1.29, 1.82) is 0 Å². The molecule has 0 amide bonds. The van der Waals surface area contributed by atoms with E-state index < -0.39 is 0 Å². The van der Waals surface area contributed by atoms with E-state index in [4.69, 9.17) is 10.4 Å². The fraction of sp³-hybridized carbons (Fsp3) is 0. The number of oxime groups is 2. The maximum absolute atomic E-state index is 10.1. The van der Waals surface area contributed by atoms with Gasteiger partial charge in [0.15, 0.2) is 0 Å². The topological polar surface area (TPSA) is 106 Å². The molecule has 2 rings (SSSR count). The highest BCUT2D eigenvalue weighted by Gasteiger charge is 2.13. The number of benzene rings is 2. The average molecular weight is 272 g/mol. The number of nitrogens with zero attached hydrogens (tertiary/aromatic N) is 2. The largest absolute Gasteiger partial charge is 0.507 e. The van der Waals surface area contributed by atoms with Gasteiger partial charge in [-0.2, -0.15) is 0 Å². The van der Waals surface area contributed by atoms with Gasteiger partial charge in [-0.25, -0.2) is 0 Å². The molecule has 0 fully saturated rings. The molecule has 0 aromatic heterocycles. The Morgan fingerprint density at radius 2 is 1.10 bits per heavy atom. The second-order valence-electron chi connectivity index (χ2n) is 3.98. The molecule has 0 aliphatic rings. The first kappa shape index (κ1) is 13.4. The van der Waals surface area contributed by atoms with Gasteiger partial charge >= 0.3 is 0 Å². The van der Waals surface area contributed by atoms with Crippen LogP contribution in [-0.4, -0.2) is 33.1 Å². The molecule has 0 saturated heterocycles. The van der Waals surface area contributed by atoms with Crippen molar-refractivity contribution in [2.45, 2.75) is 0 Å². The minimum Gasteiger partial charge on any atom is -0.507 e. The Hall–Kier alpha value is -3.02. The molecule has 20 heavy (non-hydrogen) atoms. The van der Waals surface area contributed by atoms with Crippen LogP contribution in [0.5, 0.6) is 11.5 Å². The maximum Gasteiger partial charge on any atom is 0.132 e. The van der Waals surface area contributed by atoms with Crippen LogP contribution in [0.25, 0.3) is 11.1 Å². The first-order valence-electron chi connectivity index (χ1n) is 5.68. The molecule has 4 N–H and O–H groups in total. The summed E-state index contributed by atoms with van der Waals surface area (Å²) in [4.78, 5) is 0. The molecule has 102 valence electrons. The van der Waals surface area contributed by atoms with Gasteiger partial charge in [0, 0.05) is 22.3 Å². The maximum atomic E-state index is 10.1. The quantitative estimate of drug-likeness (QED) is 0.391. The third-order valence-corrected chi connectivity index (χ3v) is 2.82. The summed E-state index contributed by atoms with van der Waals surface area (Å²) in [5, 5.41) is 43.1. The number of hydrogen-bond acceptors (Lipinski definition) is 6. The van der Waals surface area contributed by atoms with Crippen LogP contribution in [0.1, 0.15) is 11.1 Å². The molecule has 0 unspecified atom stereocenters. The fourth-order valence-electron chi connectivity index (χ4n) is 1.89. The Morgan fingerprint density at radius 3 is 1.45 bits per heavy atom. The van der Waals surface area contributed by atoms with E-state index in [1.807, 2.05) is 0 Å². The lowest BCUT2D eigenvalue weighted by molar-refractivity contribution is 0.321. The SMILES string of the molecule is O/N=C/c1cccc(-c2cccc(/C=N/O)c2O)c1O. The molecule has 0 spiro atoms. The van der Waals surface area contributed by atoms with Gasteiger partial charge in [-0.05, 0) is 12.1 Å². The van der Waals surface area contributed by atoms with E-state index in [1.165, 1.54) is 0 Å². The van der Waals surface area contributed by atoms with Crippen LogP contribution in [0.15, 0.2) is 46.7 Å². The summed E-state index contributed by atoms with van der Waals surface area (Å²) in [6, 6.07) is 9.65. The third kappa shape index (κ3) is 2.39. The van der Waals surface area contributed by atoms with Crippen molar-refractivity contribution < 1.29 is 20.6 Å². The first-order chi connectivity index (χ1) is 9.69. The molecule has 0 saturated carbocycles. The minimum atomic E-state index is -0.126. The molecule has 2 aromatic rings. The van der Waals surface area contributed by atoms with E-state index in [1.54, 1.807) is 36.4 Å². The second-order valence-corrected chi connectivity index (χ2v) is 3.98. The Bertz CT molecular complexity index is 621. The Balaban J connectivity index is 2.63. The van der Waals surface area contributed by atoms with Crippen molar-refractivity contribution in [3.63, 3.8) is 0 Å². The van der Waals surface area contributed by atoms with Crippen molar-refractivity contribution in [3.05, 3.63) is 47.5 Å². The van der Waals surface area contributed by atoms with Gasteiger partial charge in [-0.1, -0.05) is 34.6 Å². The number of rotatable bonds is 3. The van der Waals surface area contributed by atoms with Crippen molar-refractivity contribution >= 4 is 12.4 Å². The molecule has 6 heteroatoms. The van der Waals surface area contributed by atoms with E-state index in [0.29, 0.717) is 22.3 Å². The van der Waals surface area contributed by atoms with Gasteiger partial charge in [0.2, 0.25) is 0 Å². The van der Waals surface area contributed by atoms with E-state index in [-0.39, 0.29) is 11.5 Å². The van der Waals surface area contributed by atoms with Gasteiger partial charge in [0.05, 0.1) is 12.4 Å². The van der Waals surface area contributed by atoms with Gasteiger partial charge in [-0.3, -0.25) is 0 Å². The summed E-state index contributed by atoms with van der Waals surface area (Å²) >= 11 is 0. The number of para-hydroxylation sites is 2. The molecular weight excluding hydrogens is 260 g/mol. The summed E-state index contributed by atoms with van der Waals surface area (Å²) in [5.41, 5.74) is 1.36. The molecule has 0 bridgehead atoms. The van der Waals surface area contributed by atoms with Crippen LogP contribution in [0.2, 0.25) is 0 Å². The van der Waals surface area contributed by atoms with Crippen LogP contribution in [-0.2, 0) is 0 Å². The van der Waals surface area contributed by atoms with Crippen LogP contribution in [0, 0.1) is 0 Å². The normalized spacial score (nSPS) is 11.4. The van der Waals surface area contributed by atoms with E-state index in [2.05, 4.69) is 10.3 Å². The highest BCUT2D eigenvalue weighted by atomic mass is 16.4. The zero-order valence-electron chi connectivity index (χ0n) is 10.3. The summed E-state index contributed by atoms with van der Waals surface area (Å²) in [7, 11) is 0. The second kappa shape index (κ2) is 5.75. The average Bonchev–Trinajstić information content (AvgIpc) is 2.44. The monoisotopic (exact) mass is 272 g/mol. The molecule has 6 nitrogen and oxygen atoms in total. The van der Waals surface area contributed by atoms with E-state index in [9.17, 15) is 10.2 Å². The molecule has 0 radical (unpaired) electrons. The molecule has 2 aromatic carbocycles. The highest BCUT2D eigenvalue weighted by Crippen LogP contribution is 2.37. The Morgan fingerprint density at radius 1 is 0.700 bits per heavy atom. The summed E-state index contributed by atoms with van der Waals surface area (Å²) in [6.07, 6.45) is 2.18. The zero-order valence-corrected chi connectivity index (χ0v) is 10.3. The van der Waals surface area contributed by atoms with Gasteiger partial charge in [0.25, 0.3) is 0 Å². The van der Waals surface area contributed by atoms with Crippen LogP contribution >= 0.6 is 0 Å².